The van der Waals surface area contributed by atoms with Crippen molar-refractivity contribution in [3.05, 3.63) is 35.9 Å². The number of hydrogen-bond donors (Lipinski definition) is 0. The van der Waals surface area contributed by atoms with Crippen LogP contribution >= 0.6 is 0 Å². The van der Waals surface area contributed by atoms with Crippen LogP contribution in [0.15, 0.2) is 30.3 Å². The van der Waals surface area contributed by atoms with E-state index in [4.69, 9.17) is 9.47 Å². The van der Waals surface area contributed by atoms with Crippen LogP contribution in [0.1, 0.15) is 39.2 Å². The summed E-state index contributed by atoms with van der Waals surface area (Å²) in [7, 11) is 0. The molecular formula is C21H30N2O4. The van der Waals surface area contributed by atoms with Gasteiger partial charge in [0.2, 0.25) is 0 Å². The van der Waals surface area contributed by atoms with Crippen molar-refractivity contribution in [2.24, 2.45) is 0 Å². The summed E-state index contributed by atoms with van der Waals surface area (Å²) in [5.74, 6) is 0. The number of aldehydes is 1. The molecule has 2 aliphatic rings. The molecule has 2 aliphatic heterocycles. The quantitative estimate of drug-likeness (QED) is 0.762. The number of piperidine rings is 1. The lowest BCUT2D eigenvalue weighted by molar-refractivity contribution is -0.176. The molecule has 27 heavy (non-hydrogen) atoms. The first-order chi connectivity index (χ1) is 12.8. The Morgan fingerprint density at radius 2 is 1.93 bits per heavy atom. The molecule has 0 radical (unpaired) electrons. The Morgan fingerprint density at radius 1 is 1.26 bits per heavy atom. The molecule has 0 unspecified atom stereocenters. The van der Waals surface area contributed by atoms with Crippen LogP contribution in [0.2, 0.25) is 0 Å². The molecule has 0 N–H and O–H groups in total. The van der Waals surface area contributed by atoms with Crippen LogP contribution in [0.3, 0.4) is 0 Å². The zero-order valence-corrected chi connectivity index (χ0v) is 16.5. The molecule has 0 bridgehead atoms. The molecule has 0 saturated carbocycles. The maximum atomic E-state index is 12.3. The summed E-state index contributed by atoms with van der Waals surface area (Å²) >= 11 is 0. The normalized spacial score (nSPS) is 23.2. The first-order valence-electron chi connectivity index (χ1n) is 9.66. The van der Waals surface area contributed by atoms with Crippen molar-refractivity contribution in [3.8, 4) is 0 Å². The highest BCUT2D eigenvalue weighted by Crippen LogP contribution is 2.33. The van der Waals surface area contributed by atoms with Crippen molar-refractivity contribution in [1.82, 2.24) is 9.80 Å². The fourth-order valence-electron chi connectivity index (χ4n) is 3.85. The maximum Gasteiger partial charge on any atom is 0.410 e. The third-order valence-corrected chi connectivity index (χ3v) is 5.08. The second-order valence-electron chi connectivity index (χ2n) is 8.60. The van der Waals surface area contributed by atoms with Gasteiger partial charge in [0.15, 0.2) is 0 Å². The minimum Gasteiger partial charge on any atom is -0.444 e. The van der Waals surface area contributed by atoms with Crippen molar-refractivity contribution >= 4 is 12.4 Å². The number of carbonyl (C=O) groups is 2. The summed E-state index contributed by atoms with van der Waals surface area (Å²) in [6.07, 6.45) is 1.62. The Kier molecular flexibility index (Phi) is 5.86. The van der Waals surface area contributed by atoms with Crippen LogP contribution < -0.4 is 0 Å². The second kappa shape index (κ2) is 7.98. The van der Waals surface area contributed by atoms with Crippen molar-refractivity contribution in [2.75, 3.05) is 26.2 Å². The monoisotopic (exact) mass is 374 g/mol. The van der Waals surface area contributed by atoms with Gasteiger partial charge >= 0.3 is 6.09 Å². The van der Waals surface area contributed by atoms with Crippen molar-refractivity contribution < 1.29 is 19.1 Å². The molecule has 1 aromatic rings. The van der Waals surface area contributed by atoms with Gasteiger partial charge < -0.3 is 19.2 Å². The van der Waals surface area contributed by atoms with E-state index in [0.29, 0.717) is 32.5 Å². The molecule has 1 spiro atoms. The Bertz CT molecular complexity index is 648. The van der Waals surface area contributed by atoms with Gasteiger partial charge in [0.25, 0.3) is 0 Å². The number of morpholine rings is 1. The van der Waals surface area contributed by atoms with Gasteiger partial charge in [-0.1, -0.05) is 30.3 Å². The van der Waals surface area contributed by atoms with Crippen LogP contribution in [0, 0.1) is 0 Å². The summed E-state index contributed by atoms with van der Waals surface area (Å²) in [6, 6.07) is 10.3. The van der Waals surface area contributed by atoms with Crippen LogP contribution in [-0.2, 0) is 20.8 Å². The molecule has 6 heteroatoms. The summed E-state index contributed by atoms with van der Waals surface area (Å²) < 4.78 is 11.6. The van der Waals surface area contributed by atoms with Crippen molar-refractivity contribution in [3.63, 3.8) is 0 Å². The molecule has 1 aromatic carbocycles. The van der Waals surface area contributed by atoms with E-state index in [1.165, 1.54) is 5.56 Å². The zero-order valence-electron chi connectivity index (χ0n) is 16.5. The van der Waals surface area contributed by atoms with E-state index in [2.05, 4.69) is 17.0 Å². The number of benzene rings is 1. The van der Waals surface area contributed by atoms with E-state index >= 15 is 0 Å². The van der Waals surface area contributed by atoms with E-state index in [1.807, 2.05) is 39.0 Å². The lowest BCUT2D eigenvalue weighted by Crippen LogP contribution is -2.60. The molecule has 3 rings (SSSR count). The number of carbonyl (C=O) groups excluding carboxylic acids is 2. The minimum atomic E-state index is -0.497. The predicted molar refractivity (Wildman–Crippen MR) is 102 cm³/mol. The highest BCUT2D eigenvalue weighted by atomic mass is 16.6. The molecule has 1 atom stereocenters. The molecule has 148 valence electrons. The maximum absolute atomic E-state index is 12.3. The highest BCUT2D eigenvalue weighted by Gasteiger charge is 2.44. The van der Waals surface area contributed by atoms with E-state index < -0.39 is 11.7 Å². The largest absolute Gasteiger partial charge is 0.444 e. The lowest BCUT2D eigenvalue weighted by atomic mass is 9.88. The van der Waals surface area contributed by atoms with Gasteiger partial charge in [0, 0.05) is 32.7 Å². The van der Waals surface area contributed by atoms with Crippen LogP contribution in [0.4, 0.5) is 4.79 Å². The van der Waals surface area contributed by atoms with Gasteiger partial charge in [-0.05, 0) is 39.2 Å². The molecule has 0 aromatic heterocycles. The molecule has 2 saturated heterocycles. The number of hydrogen-bond acceptors (Lipinski definition) is 5. The lowest BCUT2D eigenvalue weighted by Gasteiger charge is -2.49. The smallest absolute Gasteiger partial charge is 0.410 e. The zero-order chi connectivity index (χ0) is 19.5. The molecule has 0 aliphatic carbocycles. The number of rotatable bonds is 3. The SMILES string of the molecule is CC(C)(C)OC(=O)N1CCC2(CC1)CN(Cc1ccccc1)C[C@@H](C=O)O2. The van der Waals surface area contributed by atoms with E-state index in [-0.39, 0.29) is 11.7 Å². The van der Waals surface area contributed by atoms with E-state index in [9.17, 15) is 9.59 Å². The fourth-order valence-corrected chi connectivity index (χ4v) is 3.85. The number of nitrogens with zero attached hydrogens (tertiary/aromatic N) is 2. The van der Waals surface area contributed by atoms with Gasteiger partial charge in [-0.3, -0.25) is 4.90 Å². The minimum absolute atomic E-state index is 0.277. The fraction of sp³-hybridized carbons (Fsp3) is 0.619. The molecule has 2 fully saturated rings. The average molecular weight is 374 g/mol. The summed E-state index contributed by atoms with van der Waals surface area (Å²) in [5, 5.41) is 0. The Labute approximate surface area is 161 Å². The standard InChI is InChI=1S/C21H30N2O4/c1-20(2,3)27-19(25)23-11-9-21(10-12-23)16-22(14-18(15-24)26-21)13-17-7-5-4-6-8-17/h4-8,15,18H,9-14,16H2,1-3H3/t18-/m0/s1. The summed E-state index contributed by atoms with van der Waals surface area (Å²) in [5.41, 5.74) is 0.352. The van der Waals surface area contributed by atoms with Gasteiger partial charge in [0.1, 0.15) is 18.0 Å². The third kappa shape index (κ3) is 5.30. The van der Waals surface area contributed by atoms with E-state index in [0.717, 1.165) is 19.4 Å². The Hall–Kier alpha value is -1.92. The summed E-state index contributed by atoms with van der Waals surface area (Å²) in [4.78, 5) is 27.8. The Balaban J connectivity index is 1.63. The third-order valence-electron chi connectivity index (χ3n) is 5.08. The van der Waals surface area contributed by atoms with Crippen LogP contribution in [0.25, 0.3) is 0 Å². The second-order valence-corrected chi connectivity index (χ2v) is 8.60. The summed E-state index contributed by atoms with van der Waals surface area (Å²) in [6.45, 7) is 8.96. The van der Waals surface area contributed by atoms with Crippen molar-refractivity contribution in [2.45, 2.75) is 57.5 Å². The Morgan fingerprint density at radius 3 is 2.52 bits per heavy atom. The molecule has 1 amide bonds. The number of amides is 1. The van der Waals surface area contributed by atoms with Crippen molar-refractivity contribution in [1.29, 1.82) is 0 Å². The van der Waals surface area contributed by atoms with Gasteiger partial charge in [-0.2, -0.15) is 0 Å². The molecule has 6 nitrogen and oxygen atoms in total. The molecular weight excluding hydrogens is 344 g/mol. The predicted octanol–water partition coefficient (Wildman–Crippen LogP) is 2.86. The highest BCUT2D eigenvalue weighted by molar-refractivity contribution is 5.68. The number of ether oxygens (including phenoxy) is 2. The van der Waals surface area contributed by atoms with Crippen LogP contribution in [-0.4, -0.2) is 65.7 Å². The van der Waals surface area contributed by atoms with Gasteiger partial charge in [0.05, 0.1) is 5.60 Å². The van der Waals surface area contributed by atoms with Crippen LogP contribution in [0.5, 0.6) is 0 Å². The van der Waals surface area contributed by atoms with Gasteiger partial charge in [-0.15, -0.1) is 0 Å². The first kappa shape index (κ1) is 19.8. The first-order valence-corrected chi connectivity index (χ1v) is 9.66. The number of likely N-dealkylation sites (tertiary alicyclic amines) is 1. The molecule has 2 heterocycles. The average Bonchev–Trinajstić information content (AvgIpc) is 2.61. The topological polar surface area (TPSA) is 59.1 Å². The van der Waals surface area contributed by atoms with Gasteiger partial charge in [-0.25, -0.2) is 4.79 Å². The van der Waals surface area contributed by atoms with E-state index in [1.54, 1.807) is 4.90 Å².